The minimum atomic E-state index is -0.813. The molecule has 1 atom stereocenters. The van der Waals surface area contributed by atoms with Crippen LogP contribution in [0.4, 0.5) is 0 Å². The molecule has 0 fully saturated rings. The number of unbranched alkanes of at least 4 members (excludes halogenated alkanes) is 20. The summed E-state index contributed by atoms with van der Waals surface area (Å²) in [6.45, 7) is 6.39. The number of rotatable bonds is 43. The predicted molar refractivity (Wildman–Crippen MR) is 256 cm³/mol. The molecule has 0 N–H and O–H groups in total. The Bertz CT molecular complexity index is 1190. The van der Waals surface area contributed by atoms with Gasteiger partial charge in [-0.1, -0.05) is 189 Å². The predicted octanol–water partition coefficient (Wildman–Crippen LogP) is 16.0. The zero-order valence-corrected chi connectivity index (χ0v) is 38.9. The van der Waals surface area contributed by atoms with Gasteiger partial charge in [0.15, 0.2) is 6.10 Å². The smallest absolute Gasteiger partial charge is 0.306 e. The highest BCUT2D eigenvalue weighted by atomic mass is 16.6. The van der Waals surface area contributed by atoms with E-state index in [1.165, 1.54) is 83.5 Å². The van der Waals surface area contributed by atoms with E-state index in [0.717, 1.165) is 89.9 Å². The maximum atomic E-state index is 12.8. The first-order valence-corrected chi connectivity index (χ1v) is 24.6. The lowest BCUT2D eigenvalue weighted by molar-refractivity contribution is -0.167. The molecule has 0 rings (SSSR count). The average Bonchev–Trinajstić information content (AvgIpc) is 3.24. The average molecular weight is 835 g/mol. The van der Waals surface area contributed by atoms with Crippen LogP contribution in [0.3, 0.4) is 0 Å². The van der Waals surface area contributed by atoms with Crippen LogP contribution in [0.5, 0.6) is 0 Å². The quantitative estimate of drug-likeness (QED) is 0.0200. The highest BCUT2D eigenvalue weighted by Crippen LogP contribution is 2.13. The van der Waals surface area contributed by atoms with Crippen LogP contribution >= 0.6 is 0 Å². The molecule has 0 aliphatic carbocycles. The Labute approximate surface area is 369 Å². The summed E-state index contributed by atoms with van der Waals surface area (Å²) in [7, 11) is 0. The highest BCUT2D eigenvalue weighted by Gasteiger charge is 2.19. The van der Waals surface area contributed by atoms with Crippen molar-refractivity contribution in [2.75, 3.05) is 13.2 Å². The van der Waals surface area contributed by atoms with Gasteiger partial charge in [-0.2, -0.15) is 0 Å². The first kappa shape index (κ1) is 56.6. The summed E-state index contributed by atoms with van der Waals surface area (Å²) in [6, 6.07) is 0. The van der Waals surface area contributed by atoms with Gasteiger partial charge in [0.1, 0.15) is 13.2 Å². The molecule has 0 aromatic heterocycles. The summed E-state index contributed by atoms with van der Waals surface area (Å²) < 4.78 is 16.7. The molecule has 0 saturated carbocycles. The SMILES string of the molecule is CC/C=C\C/C=C\C/C=C\CCCC(=O)OCC(COC(=O)CCCCC/C=C\C=C/CCCCCCCCC)OC(=O)CCCCCCCC/C=C\C=C/CCCCC. The van der Waals surface area contributed by atoms with Gasteiger partial charge in [0.2, 0.25) is 0 Å². The van der Waals surface area contributed by atoms with Crippen molar-refractivity contribution >= 4 is 17.9 Å². The fraction of sp³-hybridized carbons (Fsp3) is 0.685. The zero-order valence-electron chi connectivity index (χ0n) is 38.9. The lowest BCUT2D eigenvalue weighted by Crippen LogP contribution is -2.30. The monoisotopic (exact) mass is 835 g/mol. The number of carbonyl (C=O) groups is 3. The van der Waals surface area contributed by atoms with Crippen molar-refractivity contribution in [3.63, 3.8) is 0 Å². The Morgan fingerprint density at radius 2 is 0.717 bits per heavy atom. The molecule has 0 bridgehead atoms. The first-order chi connectivity index (χ1) is 29.5. The summed E-state index contributed by atoms with van der Waals surface area (Å²) in [5.41, 5.74) is 0. The fourth-order valence-electron chi connectivity index (χ4n) is 6.45. The van der Waals surface area contributed by atoms with E-state index in [-0.39, 0.29) is 37.5 Å². The van der Waals surface area contributed by atoms with Crippen molar-refractivity contribution < 1.29 is 28.6 Å². The zero-order chi connectivity index (χ0) is 43.7. The van der Waals surface area contributed by atoms with Crippen LogP contribution in [-0.2, 0) is 28.6 Å². The lowest BCUT2D eigenvalue weighted by atomic mass is 10.1. The van der Waals surface area contributed by atoms with E-state index < -0.39 is 6.10 Å². The fourth-order valence-corrected chi connectivity index (χ4v) is 6.45. The topological polar surface area (TPSA) is 78.9 Å². The Balaban J connectivity index is 4.49. The second-order valence-corrected chi connectivity index (χ2v) is 16.0. The summed E-state index contributed by atoms with van der Waals surface area (Å²) in [4.78, 5) is 37.8. The number of esters is 3. The van der Waals surface area contributed by atoms with E-state index in [2.05, 4.69) is 106 Å². The molecular weight excluding hydrogens is 745 g/mol. The van der Waals surface area contributed by atoms with Gasteiger partial charge in [-0.3, -0.25) is 14.4 Å². The van der Waals surface area contributed by atoms with Crippen LogP contribution in [0.2, 0.25) is 0 Å². The minimum absolute atomic E-state index is 0.112. The molecule has 0 aliphatic heterocycles. The molecule has 0 heterocycles. The van der Waals surface area contributed by atoms with Gasteiger partial charge in [-0.05, 0) is 96.3 Å². The van der Waals surface area contributed by atoms with E-state index in [0.29, 0.717) is 19.3 Å². The van der Waals surface area contributed by atoms with Crippen molar-refractivity contribution in [1.29, 1.82) is 0 Å². The lowest BCUT2D eigenvalue weighted by Gasteiger charge is -2.18. The molecule has 60 heavy (non-hydrogen) atoms. The Morgan fingerprint density at radius 3 is 1.22 bits per heavy atom. The van der Waals surface area contributed by atoms with Gasteiger partial charge in [0.05, 0.1) is 0 Å². The molecule has 1 unspecified atom stereocenters. The standard InChI is InChI=1S/C54H90O6/c1-4-7-10-13-16-19-22-24-26-28-29-32-35-38-41-44-47-53(56)59-50-51(49-58-52(55)46-43-40-37-34-31-21-18-15-12-9-6-3)60-54(57)48-45-42-39-36-33-30-27-25-23-20-17-14-11-8-5-2/h9,12,17-18,20-21,23,25-26,28-29,32,34,37,51H,4-8,10-11,13-16,19,22,24,27,30-31,33,35-36,38-50H2,1-3H3/b12-9-,20-17-,21-18-,25-23-,28-26-,32-29-,37-34-. The van der Waals surface area contributed by atoms with Crippen LogP contribution in [0.1, 0.15) is 220 Å². The van der Waals surface area contributed by atoms with Crippen LogP contribution in [-0.4, -0.2) is 37.2 Å². The third kappa shape index (κ3) is 45.7. The molecule has 0 aromatic rings. The second kappa shape index (κ2) is 48.3. The van der Waals surface area contributed by atoms with Crippen LogP contribution in [0.25, 0.3) is 0 Å². The summed E-state index contributed by atoms with van der Waals surface area (Å²) in [5, 5.41) is 0. The number of carbonyl (C=O) groups excluding carboxylic acids is 3. The number of hydrogen-bond acceptors (Lipinski definition) is 6. The third-order valence-electron chi connectivity index (χ3n) is 10.2. The van der Waals surface area contributed by atoms with E-state index in [4.69, 9.17) is 14.2 Å². The molecule has 0 aliphatic rings. The Hall–Kier alpha value is -3.41. The van der Waals surface area contributed by atoms with Crippen LogP contribution in [0.15, 0.2) is 85.1 Å². The van der Waals surface area contributed by atoms with Gasteiger partial charge < -0.3 is 14.2 Å². The van der Waals surface area contributed by atoms with Crippen molar-refractivity contribution in [3.8, 4) is 0 Å². The minimum Gasteiger partial charge on any atom is -0.462 e. The molecule has 0 spiro atoms. The van der Waals surface area contributed by atoms with Crippen LogP contribution < -0.4 is 0 Å². The molecule has 6 heteroatoms. The number of allylic oxidation sites excluding steroid dienone is 14. The second-order valence-electron chi connectivity index (χ2n) is 16.0. The van der Waals surface area contributed by atoms with Gasteiger partial charge >= 0.3 is 17.9 Å². The molecule has 342 valence electrons. The summed E-state index contributed by atoms with van der Waals surface area (Å²) in [6.07, 6.45) is 61.5. The van der Waals surface area contributed by atoms with E-state index in [1.807, 2.05) is 0 Å². The number of ether oxygens (including phenoxy) is 3. The van der Waals surface area contributed by atoms with Gasteiger partial charge in [-0.25, -0.2) is 0 Å². The van der Waals surface area contributed by atoms with E-state index >= 15 is 0 Å². The van der Waals surface area contributed by atoms with Crippen molar-refractivity contribution in [2.45, 2.75) is 226 Å². The van der Waals surface area contributed by atoms with E-state index in [9.17, 15) is 14.4 Å². The normalized spacial score (nSPS) is 12.8. The van der Waals surface area contributed by atoms with Gasteiger partial charge in [0, 0.05) is 19.3 Å². The third-order valence-corrected chi connectivity index (χ3v) is 10.2. The highest BCUT2D eigenvalue weighted by molar-refractivity contribution is 5.71. The van der Waals surface area contributed by atoms with E-state index in [1.54, 1.807) is 0 Å². The molecule has 6 nitrogen and oxygen atoms in total. The summed E-state index contributed by atoms with van der Waals surface area (Å²) >= 11 is 0. The van der Waals surface area contributed by atoms with Crippen molar-refractivity contribution in [2.24, 2.45) is 0 Å². The van der Waals surface area contributed by atoms with Crippen molar-refractivity contribution in [3.05, 3.63) is 85.1 Å². The maximum Gasteiger partial charge on any atom is 0.306 e. The molecule has 0 radical (unpaired) electrons. The van der Waals surface area contributed by atoms with Crippen LogP contribution in [0, 0.1) is 0 Å². The Morgan fingerprint density at radius 1 is 0.367 bits per heavy atom. The molecule has 0 aromatic carbocycles. The maximum absolute atomic E-state index is 12.8. The first-order valence-electron chi connectivity index (χ1n) is 24.6. The largest absolute Gasteiger partial charge is 0.462 e. The molecule has 0 saturated heterocycles. The molecule has 0 amide bonds. The molecular formula is C54H90O6. The Kier molecular flexibility index (Phi) is 45.5. The number of hydrogen-bond donors (Lipinski definition) is 0. The van der Waals surface area contributed by atoms with Gasteiger partial charge in [-0.15, -0.1) is 0 Å². The summed E-state index contributed by atoms with van der Waals surface area (Å²) in [5.74, 6) is -1.01. The van der Waals surface area contributed by atoms with Gasteiger partial charge in [0.25, 0.3) is 0 Å². The van der Waals surface area contributed by atoms with Crippen molar-refractivity contribution in [1.82, 2.24) is 0 Å².